The number of hydrogen-bond acceptors (Lipinski definition) is 6. The summed E-state index contributed by atoms with van der Waals surface area (Å²) in [5, 5.41) is 13.6. The lowest BCUT2D eigenvalue weighted by Crippen LogP contribution is -2.45. The standard InChI is InChI=1S/C15H20N4O4/c20-15(9-23-13-4-2-12(3-5-13)19(21)22)17-11-1-6-14-10(7-11)8-16-18-14/h2-5,10-11,14,16,18H,1,6-9H2,(H,17,20). The fourth-order valence-corrected chi connectivity index (χ4v) is 3.21. The summed E-state index contributed by atoms with van der Waals surface area (Å²) in [5.41, 5.74) is 6.42. The molecule has 1 aliphatic heterocycles. The molecule has 1 amide bonds. The van der Waals surface area contributed by atoms with Crippen LogP contribution in [-0.4, -0.2) is 36.1 Å². The quantitative estimate of drug-likeness (QED) is 0.546. The molecule has 8 nitrogen and oxygen atoms in total. The van der Waals surface area contributed by atoms with Gasteiger partial charge in [0.15, 0.2) is 6.61 Å². The van der Waals surface area contributed by atoms with Crippen molar-refractivity contribution in [3.05, 3.63) is 34.4 Å². The molecule has 0 spiro atoms. The van der Waals surface area contributed by atoms with Crippen LogP contribution in [0.2, 0.25) is 0 Å². The van der Waals surface area contributed by atoms with E-state index < -0.39 is 4.92 Å². The van der Waals surface area contributed by atoms with Gasteiger partial charge >= 0.3 is 0 Å². The van der Waals surface area contributed by atoms with Crippen LogP contribution in [-0.2, 0) is 4.79 Å². The maximum absolute atomic E-state index is 12.0. The average Bonchev–Trinajstić information content (AvgIpc) is 3.01. The molecule has 3 unspecified atom stereocenters. The first kappa shape index (κ1) is 15.7. The van der Waals surface area contributed by atoms with Crippen molar-refractivity contribution >= 4 is 11.6 Å². The fourth-order valence-electron chi connectivity index (χ4n) is 3.21. The molecule has 3 rings (SSSR count). The lowest BCUT2D eigenvalue weighted by molar-refractivity contribution is -0.384. The second-order valence-corrected chi connectivity index (χ2v) is 6.01. The number of carbonyl (C=O) groups is 1. The van der Waals surface area contributed by atoms with Crippen LogP contribution in [0, 0.1) is 16.0 Å². The van der Waals surface area contributed by atoms with Crippen LogP contribution in [0.3, 0.4) is 0 Å². The highest BCUT2D eigenvalue weighted by molar-refractivity contribution is 5.77. The zero-order chi connectivity index (χ0) is 16.2. The predicted octanol–water partition coefficient (Wildman–Crippen LogP) is 0.735. The molecule has 1 saturated heterocycles. The highest BCUT2D eigenvalue weighted by Gasteiger charge is 2.34. The monoisotopic (exact) mass is 320 g/mol. The number of fused-ring (bicyclic) bond motifs is 1. The Morgan fingerprint density at radius 1 is 1.35 bits per heavy atom. The van der Waals surface area contributed by atoms with Gasteiger partial charge in [0.1, 0.15) is 5.75 Å². The van der Waals surface area contributed by atoms with Crippen molar-refractivity contribution in [1.29, 1.82) is 0 Å². The van der Waals surface area contributed by atoms with E-state index in [0.717, 1.165) is 25.8 Å². The zero-order valence-corrected chi connectivity index (χ0v) is 12.7. The van der Waals surface area contributed by atoms with E-state index in [1.54, 1.807) is 0 Å². The van der Waals surface area contributed by atoms with Gasteiger partial charge in [-0.25, -0.2) is 0 Å². The largest absolute Gasteiger partial charge is 0.484 e. The van der Waals surface area contributed by atoms with Crippen LogP contribution < -0.4 is 20.9 Å². The normalized spacial score (nSPS) is 26.3. The summed E-state index contributed by atoms with van der Waals surface area (Å²) < 4.78 is 5.37. The molecule has 3 atom stereocenters. The average molecular weight is 320 g/mol. The Hall–Kier alpha value is -2.19. The molecule has 1 aromatic carbocycles. The molecule has 3 N–H and O–H groups in total. The van der Waals surface area contributed by atoms with E-state index >= 15 is 0 Å². The number of rotatable bonds is 5. The van der Waals surface area contributed by atoms with E-state index in [4.69, 9.17) is 4.74 Å². The van der Waals surface area contributed by atoms with Gasteiger partial charge in [-0.2, -0.15) is 0 Å². The summed E-state index contributed by atoms with van der Waals surface area (Å²) in [7, 11) is 0. The Kier molecular flexibility index (Phi) is 4.73. The number of nitro benzene ring substituents is 1. The number of ether oxygens (including phenoxy) is 1. The number of nitro groups is 1. The van der Waals surface area contributed by atoms with Crippen molar-refractivity contribution in [1.82, 2.24) is 16.2 Å². The number of carbonyl (C=O) groups excluding carboxylic acids is 1. The number of non-ortho nitro benzene ring substituents is 1. The van der Waals surface area contributed by atoms with E-state index in [1.165, 1.54) is 24.3 Å². The van der Waals surface area contributed by atoms with Gasteiger partial charge in [-0.3, -0.25) is 25.8 Å². The topological polar surface area (TPSA) is 106 Å². The Balaban J connectivity index is 1.43. The van der Waals surface area contributed by atoms with Crippen LogP contribution >= 0.6 is 0 Å². The molecule has 23 heavy (non-hydrogen) atoms. The van der Waals surface area contributed by atoms with Crippen molar-refractivity contribution in [2.24, 2.45) is 5.92 Å². The molecule has 1 aliphatic carbocycles. The molecule has 1 heterocycles. The fraction of sp³-hybridized carbons (Fsp3) is 0.533. The Morgan fingerprint density at radius 3 is 2.87 bits per heavy atom. The third-order valence-electron chi connectivity index (χ3n) is 4.42. The lowest BCUT2D eigenvalue weighted by atomic mass is 9.83. The Morgan fingerprint density at radius 2 is 2.13 bits per heavy atom. The molecular formula is C15H20N4O4. The van der Waals surface area contributed by atoms with Crippen LogP contribution in [0.15, 0.2) is 24.3 Å². The second kappa shape index (κ2) is 6.93. The Labute approximate surface area is 133 Å². The summed E-state index contributed by atoms with van der Waals surface area (Å²) in [6.45, 7) is 0.856. The van der Waals surface area contributed by atoms with Crippen molar-refractivity contribution in [2.75, 3.05) is 13.2 Å². The molecule has 0 radical (unpaired) electrons. The minimum absolute atomic E-state index is 0.00246. The minimum atomic E-state index is -0.473. The highest BCUT2D eigenvalue weighted by atomic mass is 16.6. The maximum atomic E-state index is 12.0. The molecule has 2 aliphatic rings. The lowest BCUT2D eigenvalue weighted by Gasteiger charge is -2.31. The number of hydrogen-bond donors (Lipinski definition) is 3. The molecule has 1 aromatic rings. The number of amides is 1. The molecule has 0 aromatic heterocycles. The van der Waals surface area contributed by atoms with Gasteiger partial charge in [0, 0.05) is 30.8 Å². The molecule has 0 bridgehead atoms. The zero-order valence-electron chi connectivity index (χ0n) is 12.7. The third kappa shape index (κ3) is 3.96. The molecule has 1 saturated carbocycles. The van der Waals surface area contributed by atoms with E-state index in [9.17, 15) is 14.9 Å². The second-order valence-electron chi connectivity index (χ2n) is 6.01. The summed E-state index contributed by atoms with van der Waals surface area (Å²) >= 11 is 0. The SMILES string of the molecule is O=C(COc1ccc([N+](=O)[O-])cc1)NC1CCC2NNCC2C1. The highest BCUT2D eigenvalue weighted by Crippen LogP contribution is 2.26. The number of nitrogens with one attached hydrogen (secondary N) is 3. The molecule has 8 heteroatoms. The minimum Gasteiger partial charge on any atom is -0.484 e. The summed E-state index contributed by atoms with van der Waals surface area (Å²) in [4.78, 5) is 22.1. The van der Waals surface area contributed by atoms with Crippen LogP contribution in [0.4, 0.5) is 5.69 Å². The van der Waals surface area contributed by atoms with Crippen molar-refractivity contribution in [3.63, 3.8) is 0 Å². The smallest absolute Gasteiger partial charge is 0.269 e. The first-order chi connectivity index (χ1) is 11.1. The van der Waals surface area contributed by atoms with E-state index in [-0.39, 0.29) is 24.2 Å². The van der Waals surface area contributed by atoms with Gasteiger partial charge in [0.2, 0.25) is 0 Å². The summed E-state index contributed by atoms with van der Waals surface area (Å²) in [6, 6.07) is 6.40. The number of benzene rings is 1. The van der Waals surface area contributed by atoms with Gasteiger partial charge in [-0.15, -0.1) is 0 Å². The summed E-state index contributed by atoms with van der Waals surface area (Å²) in [5.74, 6) is 0.842. The van der Waals surface area contributed by atoms with Crippen LogP contribution in [0.5, 0.6) is 5.75 Å². The van der Waals surface area contributed by atoms with Gasteiger partial charge in [-0.1, -0.05) is 0 Å². The number of nitrogens with zero attached hydrogens (tertiary/aromatic N) is 1. The first-order valence-corrected chi connectivity index (χ1v) is 7.77. The van der Waals surface area contributed by atoms with E-state index in [0.29, 0.717) is 17.7 Å². The van der Waals surface area contributed by atoms with Crippen LogP contribution in [0.1, 0.15) is 19.3 Å². The van der Waals surface area contributed by atoms with Crippen molar-refractivity contribution in [3.8, 4) is 5.75 Å². The summed E-state index contributed by atoms with van der Waals surface area (Å²) in [6.07, 6.45) is 2.97. The Bertz CT molecular complexity index is 577. The van der Waals surface area contributed by atoms with Gasteiger partial charge in [0.25, 0.3) is 11.6 Å². The predicted molar refractivity (Wildman–Crippen MR) is 82.8 cm³/mol. The third-order valence-corrected chi connectivity index (χ3v) is 4.42. The van der Waals surface area contributed by atoms with Crippen molar-refractivity contribution < 1.29 is 14.5 Å². The number of hydrazine groups is 1. The van der Waals surface area contributed by atoms with Crippen LogP contribution in [0.25, 0.3) is 0 Å². The van der Waals surface area contributed by atoms with Crippen molar-refractivity contribution in [2.45, 2.75) is 31.3 Å². The molecular weight excluding hydrogens is 300 g/mol. The maximum Gasteiger partial charge on any atom is 0.269 e. The van der Waals surface area contributed by atoms with Gasteiger partial charge in [0.05, 0.1) is 4.92 Å². The van der Waals surface area contributed by atoms with Gasteiger partial charge in [-0.05, 0) is 37.3 Å². The van der Waals surface area contributed by atoms with E-state index in [1.807, 2.05) is 0 Å². The molecule has 124 valence electrons. The molecule has 2 fully saturated rings. The van der Waals surface area contributed by atoms with Gasteiger partial charge < -0.3 is 10.1 Å². The van der Waals surface area contributed by atoms with E-state index in [2.05, 4.69) is 16.2 Å². The first-order valence-electron chi connectivity index (χ1n) is 7.77.